The quantitative estimate of drug-likeness (QED) is 0.890. The standard InChI is InChI=1S/C17H22N4O2/c1-20-11-9-16(19-20)18-17(23)21(10-4-12-22)15-8-7-13-5-2-3-6-14(13)15/h2-3,5-6,9,11,15,22H,4,7-8,10,12H2,1H3,(H,18,19,23)/t15-/m1/s1. The Labute approximate surface area is 135 Å². The molecule has 2 N–H and O–H groups in total. The van der Waals surface area contributed by atoms with Gasteiger partial charge in [0.25, 0.3) is 0 Å². The van der Waals surface area contributed by atoms with Crippen molar-refractivity contribution < 1.29 is 9.90 Å². The van der Waals surface area contributed by atoms with Gasteiger partial charge in [0.15, 0.2) is 5.82 Å². The molecule has 0 fully saturated rings. The van der Waals surface area contributed by atoms with Crippen molar-refractivity contribution in [3.63, 3.8) is 0 Å². The van der Waals surface area contributed by atoms with Crippen molar-refractivity contribution in [1.82, 2.24) is 14.7 Å². The fraction of sp³-hybridized carbons (Fsp3) is 0.412. The van der Waals surface area contributed by atoms with Gasteiger partial charge in [-0.25, -0.2) is 4.79 Å². The second kappa shape index (κ2) is 6.83. The molecule has 3 rings (SSSR count). The molecule has 1 aromatic carbocycles. The van der Waals surface area contributed by atoms with E-state index in [1.807, 2.05) is 24.1 Å². The van der Waals surface area contributed by atoms with Crippen LogP contribution in [-0.4, -0.2) is 39.0 Å². The first-order valence-corrected chi connectivity index (χ1v) is 7.95. The molecule has 122 valence electrons. The molecule has 0 radical (unpaired) electrons. The minimum absolute atomic E-state index is 0.0569. The highest BCUT2D eigenvalue weighted by molar-refractivity contribution is 5.88. The number of fused-ring (bicyclic) bond motifs is 1. The van der Waals surface area contributed by atoms with Gasteiger partial charge in [0.05, 0.1) is 6.04 Å². The Morgan fingerprint density at radius 1 is 1.43 bits per heavy atom. The number of aromatic nitrogens is 2. The molecule has 1 heterocycles. The number of anilines is 1. The normalized spacial score (nSPS) is 16.2. The van der Waals surface area contributed by atoms with Gasteiger partial charge >= 0.3 is 6.03 Å². The van der Waals surface area contributed by atoms with Crippen LogP contribution >= 0.6 is 0 Å². The van der Waals surface area contributed by atoms with E-state index in [2.05, 4.69) is 22.5 Å². The number of amides is 2. The first-order valence-electron chi connectivity index (χ1n) is 7.95. The average molecular weight is 314 g/mol. The first kappa shape index (κ1) is 15.6. The third kappa shape index (κ3) is 3.37. The molecule has 2 aromatic rings. The molecule has 1 atom stereocenters. The lowest BCUT2D eigenvalue weighted by Crippen LogP contribution is -2.38. The van der Waals surface area contributed by atoms with Crippen molar-refractivity contribution >= 4 is 11.8 Å². The summed E-state index contributed by atoms with van der Waals surface area (Å²) in [6, 6.07) is 9.92. The Balaban J connectivity index is 1.79. The summed E-state index contributed by atoms with van der Waals surface area (Å²) in [5.41, 5.74) is 2.51. The number of aryl methyl sites for hydroxylation is 2. The lowest BCUT2D eigenvalue weighted by Gasteiger charge is -2.29. The molecular formula is C17H22N4O2. The number of benzene rings is 1. The number of nitrogens with one attached hydrogen (secondary N) is 1. The highest BCUT2D eigenvalue weighted by Crippen LogP contribution is 2.35. The number of urea groups is 1. The highest BCUT2D eigenvalue weighted by atomic mass is 16.3. The van der Waals surface area contributed by atoms with E-state index in [-0.39, 0.29) is 18.7 Å². The predicted octanol–water partition coefficient (Wildman–Crippen LogP) is 2.32. The molecule has 6 nitrogen and oxygen atoms in total. The minimum atomic E-state index is -0.168. The van der Waals surface area contributed by atoms with Gasteiger partial charge in [-0.2, -0.15) is 5.10 Å². The Morgan fingerprint density at radius 2 is 2.26 bits per heavy atom. The molecule has 1 aliphatic carbocycles. The van der Waals surface area contributed by atoms with Crippen LogP contribution in [0.15, 0.2) is 36.5 Å². The number of carbonyl (C=O) groups excluding carboxylic acids is 1. The summed E-state index contributed by atoms with van der Waals surface area (Å²) in [5, 5.41) is 16.2. The average Bonchev–Trinajstić information content (AvgIpc) is 3.15. The molecule has 0 spiro atoms. The van der Waals surface area contributed by atoms with Crippen molar-refractivity contribution in [2.24, 2.45) is 7.05 Å². The van der Waals surface area contributed by atoms with Crippen LogP contribution in [0, 0.1) is 0 Å². The van der Waals surface area contributed by atoms with E-state index in [0.29, 0.717) is 18.8 Å². The summed E-state index contributed by atoms with van der Waals surface area (Å²) in [4.78, 5) is 14.5. The molecule has 0 saturated heterocycles. The maximum atomic E-state index is 12.7. The molecular weight excluding hydrogens is 292 g/mol. The van der Waals surface area contributed by atoms with E-state index in [0.717, 1.165) is 12.8 Å². The largest absolute Gasteiger partial charge is 0.396 e. The van der Waals surface area contributed by atoms with Crippen LogP contribution in [0.25, 0.3) is 0 Å². The Kier molecular flexibility index (Phi) is 4.62. The van der Waals surface area contributed by atoms with Gasteiger partial charge < -0.3 is 10.0 Å². The van der Waals surface area contributed by atoms with Gasteiger partial charge in [-0.05, 0) is 30.4 Å². The Hall–Kier alpha value is -2.34. The fourth-order valence-electron chi connectivity index (χ4n) is 3.16. The molecule has 0 bridgehead atoms. The Bertz CT molecular complexity index is 683. The summed E-state index contributed by atoms with van der Waals surface area (Å²) in [6.07, 6.45) is 4.25. The summed E-state index contributed by atoms with van der Waals surface area (Å²) in [6.45, 7) is 0.593. The fourth-order valence-corrected chi connectivity index (χ4v) is 3.16. The van der Waals surface area contributed by atoms with Crippen LogP contribution in [0.1, 0.15) is 30.0 Å². The van der Waals surface area contributed by atoms with Crippen molar-refractivity contribution in [2.45, 2.75) is 25.3 Å². The molecule has 0 aliphatic heterocycles. The van der Waals surface area contributed by atoms with E-state index in [1.165, 1.54) is 11.1 Å². The van der Waals surface area contributed by atoms with Gasteiger partial charge in [-0.3, -0.25) is 10.00 Å². The van der Waals surface area contributed by atoms with Crippen molar-refractivity contribution in [3.05, 3.63) is 47.7 Å². The van der Waals surface area contributed by atoms with Crippen LogP contribution in [0.3, 0.4) is 0 Å². The number of aliphatic hydroxyl groups is 1. The maximum absolute atomic E-state index is 12.7. The van der Waals surface area contributed by atoms with Gasteiger partial charge in [-0.1, -0.05) is 24.3 Å². The first-order chi connectivity index (χ1) is 11.2. The topological polar surface area (TPSA) is 70.4 Å². The van der Waals surface area contributed by atoms with E-state index in [4.69, 9.17) is 5.11 Å². The van der Waals surface area contributed by atoms with E-state index in [9.17, 15) is 4.79 Å². The maximum Gasteiger partial charge on any atom is 0.323 e. The summed E-state index contributed by atoms with van der Waals surface area (Å²) < 4.78 is 1.65. The number of hydrogen-bond donors (Lipinski definition) is 2. The van der Waals surface area contributed by atoms with Gasteiger partial charge in [0.2, 0.25) is 0 Å². The second-order valence-electron chi connectivity index (χ2n) is 5.83. The van der Waals surface area contributed by atoms with Gasteiger partial charge in [0.1, 0.15) is 0 Å². The van der Waals surface area contributed by atoms with Crippen LogP contribution in [0.2, 0.25) is 0 Å². The van der Waals surface area contributed by atoms with E-state index in [1.54, 1.807) is 16.9 Å². The number of aliphatic hydroxyl groups excluding tert-OH is 1. The zero-order chi connectivity index (χ0) is 16.2. The van der Waals surface area contributed by atoms with Crippen molar-refractivity contribution in [1.29, 1.82) is 0 Å². The molecule has 6 heteroatoms. The summed E-state index contributed by atoms with van der Waals surface area (Å²) >= 11 is 0. The zero-order valence-electron chi connectivity index (χ0n) is 13.3. The van der Waals surface area contributed by atoms with Crippen molar-refractivity contribution in [2.75, 3.05) is 18.5 Å². The van der Waals surface area contributed by atoms with Crippen LogP contribution in [-0.2, 0) is 13.5 Å². The smallest absolute Gasteiger partial charge is 0.323 e. The third-order valence-corrected chi connectivity index (χ3v) is 4.24. The highest BCUT2D eigenvalue weighted by Gasteiger charge is 2.30. The lowest BCUT2D eigenvalue weighted by atomic mass is 10.1. The predicted molar refractivity (Wildman–Crippen MR) is 88.1 cm³/mol. The molecule has 0 unspecified atom stereocenters. The molecule has 23 heavy (non-hydrogen) atoms. The SMILES string of the molecule is Cn1ccc(NC(=O)N(CCCO)[C@@H]2CCc3ccccc32)n1. The van der Waals surface area contributed by atoms with Gasteiger partial charge in [0, 0.05) is 32.5 Å². The van der Waals surface area contributed by atoms with Crippen LogP contribution in [0.4, 0.5) is 10.6 Å². The number of nitrogens with zero attached hydrogens (tertiary/aromatic N) is 3. The van der Waals surface area contributed by atoms with Crippen molar-refractivity contribution in [3.8, 4) is 0 Å². The number of hydrogen-bond acceptors (Lipinski definition) is 3. The van der Waals surface area contributed by atoms with E-state index < -0.39 is 0 Å². The summed E-state index contributed by atoms with van der Waals surface area (Å²) in [7, 11) is 1.81. The summed E-state index contributed by atoms with van der Waals surface area (Å²) in [5.74, 6) is 0.540. The van der Waals surface area contributed by atoms with E-state index >= 15 is 0 Å². The monoisotopic (exact) mass is 314 g/mol. The second-order valence-corrected chi connectivity index (χ2v) is 5.83. The lowest BCUT2D eigenvalue weighted by molar-refractivity contribution is 0.177. The molecule has 1 aromatic heterocycles. The zero-order valence-corrected chi connectivity index (χ0v) is 13.3. The van der Waals surface area contributed by atoms with Crippen LogP contribution < -0.4 is 5.32 Å². The minimum Gasteiger partial charge on any atom is -0.396 e. The number of carbonyl (C=O) groups is 1. The molecule has 2 amide bonds. The number of rotatable bonds is 5. The third-order valence-electron chi connectivity index (χ3n) is 4.24. The molecule has 0 saturated carbocycles. The molecule has 1 aliphatic rings. The van der Waals surface area contributed by atoms with Gasteiger partial charge in [-0.15, -0.1) is 0 Å². The Morgan fingerprint density at radius 3 is 3.00 bits per heavy atom. The van der Waals surface area contributed by atoms with Crippen LogP contribution in [0.5, 0.6) is 0 Å².